The normalized spacial score (nSPS) is 55.0. The van der Waals surface area contributed by atoms with Gasteiger partial charge >= 0.3 is 11.9 Å². The van der Waals surface area contributed by atoms with E-state index in [1.807, 2.05) is 0 Å². The van der Waals surface area contributed by atoms with Crippen molar-refractivity contribution in [2.45, 2.75) is 328 Å². The molecule has 7 heterocycles. The van der Waals surface area contributed by atoms with Gasteiger partial charge in [0.05, 0.1) is 56.3 Å². The number of hydrogen-bond acceptors (Lipinski definition) is 36. The van der Waals surface area contributed by atoms with Crippen LogP contribution in [0.25, 0.3) is 0 Å². The first-order chi connectivity index (χ1) is 50.2. The molecule has 0 bridgehead atoms. The molecule has 12 aliphatic rings. The first kappa shape index (κ1) is 83.5. The van der Waals surface area contributed by atoms with E-state index in [1.165, 1.54) is 13.8 Å². The van der Waals surface area contributed by atoms with E-state index in [4.69, 9.17) is 66.3 Å². The number of esters is 1. The van der Waals surface area contributed by atoms with Crippen molar-refractivity contribution < 1.29 is 183 Å². The topological polar surface area (TPSA) is 585 Å². The third kappa shape index (κ3) is 14.3. The largest absolute Gasteiger partial charge is 0.479 e. The van der Waals surface area contributed by atoms with Gasteiger partial charge in [0.25, 0.3) is 0 Å². The molecule has 37 heteroatoms. The number of carbonyl (C=O) groups is 3. The molecule has 20 N–H and O–H groups in total. The Labute approximate surface area is 615 Å². The van der Waals surface area contributed by atoms with Crippen molar-refractivity contribution in [2.24, 2.45) is 50.2 Å². The Morgan fingerprint density at radius 2 is 1.02 bits per heavy atom. The molecule has 5 aliphatic carbocycles. The van der Waals surface area contributed by atoms with Crippen LogP contribution in [-0.4, -0.2) is 362 Å². The van der Waals surface area contributed by atoms with Gasteiger partial charge in [0.2, 0.25) is 6.29 Å². The molecule has 0 aromatic heterocycles. The first-order valence-corrected chi connectivity index (χ1v) is 37.0. The quantitative estimate of drug-likeness (QED) is 0.0262. The number of rotatable bonds is 18. The summed E-state index contributed by atoms with van der Waals surface area (Å²) in [7, 11) is 0. The SMILES string of the molecule is C[C@@H]1O[C@@H](O[C@H]2[C@H](OC(=O)[C@]34CCC(C)(C)C[C@H]3C3=CC[C@@H]5[C@@]6(C)CC[C@H](O[C@@H]7O[C@H](C(=O)O)[C@@H](O)[C@H](O[C@@H]8OC[C@H](O)[C@H](O)[C@H]8O)[C@H]7O[C@@H]7O[C@H](CO)[C@H](O)[C@H](O)[C@H]7O)[C@@](C)(C=O)[C@@H]6CC[C@@]5(C)[C@]3(C)C[C@H]4O)O[C@H](C)[C@H](O)[C@@H]2O)[C@H](O)[C@H](O)[C@H]1O[C@@H]1OC[C@@H](O)[C@H](O[C@@H]2O[C@H](CO)[C@H](O)[C@H](O)[C@H]2O)[C@H]1O. The number of carboxylic acids is 1. The number of fused-ring (bicyclic) bond motifs is 7. The van der Waals surface area contributed by atoms with Crippen LogP contribution < -0.4 is 0 Å². The molecule has 37 nitrogen and oxygen atoms in total. The summed E-state index contributed by atoms with van der Waals surface area (Å²) in [5, 5.41) is 220. The number of aliphatic carboxylic acids is 1. The van der Waals surface area contributed by atoms with E-state index in [0.717, 1.165) is 11.9 Å². The molecule has 0 radical (unpaired) electrons. The van der Waals surface area contributed by atoms with Gasteiger partial charge in [-0.25, -0.2) is 4.79 Å². The lowest BCUT2D eigenvalue weighted by Crippen LogP contribution is -2.69. The van der Waals surface area contributed by atoms with E-state index in [0.29, 0.717) is 38.5 Å². The summed E-state index contributed by atoms with van der Waals surface area (Å²) in [5.41, 5.74) is -4.85. The van der Waals surface area contributed by atoms with Gasteiger partial charge in [-0.15, -0.1) is 0 Å². The Morgan fingerprint density at radius 1 is 0.486 bits per heavy atom. The molecule has 7 aliphatic heterocycles. The molecular formula is C70H110O37. The zero-order chi connectivity index (χ0) is 78.2. The van der Waals surface area contributed by atoms with Crippen LogP contribution in [0.3, 0.4) is 0 Å². The molecule has 0 amide bonds. The van der Waals surface area contributed by atoms with E-state index in [-0.39, 0.29) is 25.2 Å². The molecule has 612 valence electrons. The van der Waals surface area contributed by atoms with Crippen molar-refractivity contribution in [1.29, 1.82) is 0 Å². The second-order valence-corrected chi connectivity index (χ2v) is 33.6. The fourth-order valence-corrected chi connectivity index (χ4v) is 20.3. The lowest BCUT2D eigenvalue weighted by molar-refractivity contribution is -0.391. The highest BCUT2D eigenvalue weighted by Crippen LogP contribution is 2.76. The number of ether oxygens (including phenoxy) is 14. The van der Waals surface area contributed by atoms with Crippen molar-refractivity contribution in [2.75, 3.05) is 26.4 Å². The summed E-state index contributed by atoms with van der Waals surface area (Å²) in [6.07, 6.45) is -57.0. The van der Waals surface area contributed by atoms with E-state index < -0.39 is 298 Å². The molecule has 107 heavy (non-hydrogen) atoms. The molecule has 12 rings (SSSR count). The highest BCUT2D eigenvalue weighted by atomic mass is 16.8. The number of carboxylic acid groups (broad SMARTS) is 1. The maximum atomic E-state index is 15.8. The van der Waals surface area contributed by atoms with Crippen LogP contribution in [0.15, 0.2) is 11.6 Å². The zero-order valence-corrected chi connectivity index (χ0v) is 60.7. The summed E-state index contributed by atoms with van der Waals surface area (Å²) in [6.45, 7) is 12.1. The summed E-state index contributed by atoms with van der Waals surface area (Å²) >= 11 is 0. The van der Waals surface area contributed by atoms with Gasteiger partial charge in [-0.1, -0.05) is 53.2 Å². The zero-order valence-electron chi connectivity index (χ0n) is 60.7. The van der Waals surface area contributed by atoms with E-state index >= 15 is 4.79 Å². The fraction of sp³-hybridized carbons (Fsp3) is 0.929. The number of aldehydes is 1. The van der Waals surface area contributed by atoms with Gasteiger partial charge in [-0.3, -0.25) is 4.79 Å². The maximum absolute atomic E-state index is 15.8. The predicted octanol–water partition coefficient (Wildman–Crippen LogP) is -6.99. The number of carbonyl (C=O) groups excluding carboxylic acids is 2. The van der Waals surface area contributed by atoms with Crippen molar-refractivity contribution in [1.82, 2.24) is 0 Å². The second kappa shape index (κ2) is 31.4. The average Bonchev–Trinajstić information content (AvgIpc) is 0.670. The minimum absolute atomic E-state index is 0.0339. The molecule has 11 fully saturated rings. The van der Waals surface area contributed by atoms with Crippen molar-refractivity contribution in [3.05, 3.63) is 11.6 Å². The smallest absolute Gasteiger partial charge is 0.335 e. The third-order valence-corrected chi connectivity index (χ3v) is 26.9. The minimum atomic E-state index is -2.23. The Bertz CT molecular complexity index is 3130. The Morgan fingerprint density at radius 3 is 1.63 bits per heavy atom. The third-order valence-electron chi connectivity index (χ3n) is 26.9. The van der Waals surface area contributed by atoms with Crippen LogP contribution in [0.2, 0.25) is 0 Å². The van der Waals surface area contributed by atoms with Crippen LogP contribution in [0.5, 0.6) is 0 Å². The predicted molar refractivity (Wildman–Crippen MR) is 348 cm³/mol. The molecule has 4 saturated carbocycles. The summed E-state index contributed by atoms with van der Waals surface area (Å²) in [4.78, 5) is 43.0. The van der Waals surface area contributed by atoms with Gasteiger partial charge in [-0.05, 0) is 111 Å². The first-order valence-electron chi connectivity index (χ1n) is 37.0. The molecular weight excluding hydrogens is 1430 g/mol. The molecule has 43 atom stereocenters. The molecule has 7 saturated heterocycles. The van der Waals surface area contributed by atoms with Gasteiger partial charge in [0, 0.05) is 0 Å². The van der Waals surface area contributed by atoms with Gasteiger partial charge in [-0.2, -0.15) is 0 Å². The number of hydrogen-bond donors (Lipinski definition) is 20. The van der Waals surface area contributed by atoms with Crippen LogP contribution in [-0.2, 0) is 80.7 Å². The monoisotopic (exact) mass is 1540 g/mol. The number of aliphatic hydroxyl groups is 19. The van der Waals surface area contributed by atoms with Gasteiger partial charge < -0.3 is 173 Å². The van der Waals surface area contributed by atoms with Crippen LogP contribution in [0.1, 0.15) is 113 Å². The van der Waals surface area contributed by atoms with E-state index in [2.05, 4.69) is 40.7 Å². The van der Waals surface area contributed by atoms with Gasteiger partial charge in [0.15, 0.2) is 49.9 Å². The Balaban J connectivity index is 0.774. The Hall–Kier alpha value is -2.93. The van der Waals surface area contributed by atoms with E-state index in [9.17, 15) is 112 Å². The van der Waals surface area contributed by atoms with Crippen LogP contribution in [0.4, 0.5) is 0 Å². The van der Waals surface area contributed by atoms with Gasteiger partial charge in [0.1, 0.15) is 146 Å². The fourth-order valence-electron chi connectivity index (χ4n) is 20.3. The molecule has 0 aromatic carbocycles. The summed E-state index contributed by atoms with van der Waals surface area (Å²) in [5.74, 6) is -4.07. The van der Waals surface area contributed by atoms with Crippen LogP contribution in [0, 0.1) is 50.2 Å². The van der Waals surface area contributed by atoms with E-state index in [1.54, 1.807) is 6.92 Å². The lowest BCUT2D eigenvalue weighted by Gasteiger charge is -2.71. The highest BCUT2D eigenvalue weighted by Gasteiger charge is 2.73. The highest BCUT2D eigenvalue weighted by molar-refractivity contribution is 5.80. The average molecular weight is 1540 g/mol. The minimum Gasteiger partial charge on any atom is -0.479 e. The standard InChI is InChI=1S/C70H110O37/c1-24-36(77)42(83)54(105-59-47(88)43(84)50(25(2)97-59)101-58-49(90)51(29(75)22-95-58)102-60-45(86)40(81)38(79)30(19-71)98-60)62(96-24)107-64(93)70-16-15-65(3,4)17-27(70)26-9-10-33-66(5)13-12-35(67(6,23-73)32(66)11-14-68(33,7)69(26,8)18-34(70)76)100-63-55(106-61-46(87)41(82)39(80)31(20-72)99-61)52(48(89)53(104-63)56(91)92)103-57-44(85)37(78)28(74)21-94-57/h9,23-25,27-55,57-63,71-72,74-90H,10-22H2,1-8H3,(H,91,92)/t24-,25+,27+,28+,29-,30-,31-,32-,33-,34-,35+,36+,37+,38+,39+,40+,41+,42+,43+,44-,45-,46-,47-,48+,49-,50+,51+,52+,53+,54-,55-,57+,58+,59+,60+,61+,62+,63-,66+,67+,68-,69-,70-/m1/s1. The number of aliphatic hydroxyl groups excluding tert-OH is 19. The van der Waals surface area contributed by atoms with Crippen molar-refractivity contribution in [3.63, 3.8) is 0 Å². The Kier molecular flexibility index (Phi) is 24.5. The summed E-state index contributed by atoms with van der Waals surface area (Å²) in [6, 6.07) is 0. The second-order valence-electron chi connectivity index (χ2n) is 33.6. The van der Waals surface area contributed by atoms with Crippen molar-refractivity contribution in [3.8, 4) is 0 Å². The maximum Gasteiger partial charge on any atom is 0.335 e. The molecule has 0 aromatic rings. The molecule has 0 spiro atoms. The summed E-state index contributed by atoms with van der Waals surface area (Å²) < 4.78 is 83.5. The number of allylic oxidation sites excluding steroid dienone is 2. The molecule has 0 unspecified atom stereocenters. The van der Waals surface area contributed by atoms with Crippen LogP contribution >= 0.6 is 0 Å². The van der Waals surface area contributed by atoms with Crippen molar-refractivity contribution >= 4 is 18.2 Å². The lowest BCUT2D eigenvalue weighted by atomic mass is 9.33.